The normalized spacial score (nSPS) is 15.9. The zero-order chi connectivity index (χ0) is 33.5. The molecule has 8 nitrogen and oxygen atoms in total. The van der Waals surface area contributed by atoms with E-state index >= 15 is 13.9 Å². The number of para-hydroxylation sites is 1. The van der Waals surface area contributed by atoms with Gasteiger partial charge in [0.05, 0.1) is 43.1 Å². The predicted molar refractivity (Wildman–Crippen MR) is 193 cm³/mol. The molecule has 0 spiro atoms. The van der Waals surface area contributed by atoms with E-state index in [1.54, 1.807) is 39.8 Å². The molecular weight excluding hydrogens is 651 g/mol. The summed E-state index contributed by atoms with van der Waals surface area (Å²) in [5, 5.41) is 2.87. The molecule has 0 N–H and O–H groups in total. The summed E-state index contributed by atoms with van der Waals surface area (Å²) in [4.78, 5) is 18.3. The Hall–Kier alpha value is -3.18. The first-order chi connectivity index (χ1) is 22.8. The Labute approximate surface area is 277 Å². The van der Waals surface area contributed by atoms with E-state index in [0.29, 0.717) is 5.69 Å². The molecule has 0 aromatic heterocycles. The average Bonchev–Trinajstić information content (AvgIpc) is 3.09. The van der Waals surface area contributed by atoms with Crippen molar-refractivity contribution in [3.8, 4) is 0 Å². The van der Waals surface area contributed by atoms with E-state index in [4.69, 9.17) is 23.1 Å². The fourth-order valence-corrected chi connectivity index (χ4v) is 16.7. The number of carbonyl (C=O) groups excluding carboxylic acids is 1. The van der Waals surface area contributed by atoms with Gasteiger partial charge in [0.15, 0.2) is 0 Å². The molecule has 5 rings (SSSR count). The van der Waals surface area contributed by atoms with Crippen LogP contribution in [0, 0.1) is 0 Å². The Morgan fingerprint density at radius 2 is 0.851 bits per heavy atom. The van der Waals surface area contributed by atoms with E-state index in [1.807, 2.05) is 109 Å². The number of nitrogens with zero attached hydrogens (tertiary/aromatic N) is 1. The van der Waals surface area contributed by atoms with Crippen molar-refractivity contribution >= 4 is 60.5 Å². The molecule has 0 bridgehead atoms. The molecule has 0 atom stereocenters. The highest BCUT2D eigenvalue weighted by atomic mass is 31.2. The van der Waals surface area contributed by atoms with Crippen molar-refractivity contribution in [1.29, 1.82) is 0 Å². The second-order valence-corrected chi connectivity index (χ2v) is 18.5. The van der Waals surface area contributed by atoms with Crippen LogP contribution in [0.3, 0.4) is 0 Å². The number of aliphatic imine (C=N–C) groups is 1. The van der Waals surface area contributed by atoms with Gasteiger partial charge in [-0.3, -0.25) is 18.9 Å². The van der Waals surface area contributed by atoms with Crippen LogP contribution in [0.1, 0.15) is 27.7 Å². The summed E-state index contributed by atoms with van der Waals surface area (Å²) in [7, 11) is -9.33. The zero-order valence-electron chi connectivity index (χ0n) is 27.0. The standard InChI is InChI=1S/C36H40NO7P3/c1-5-41-46(39,42-6-2)36(47(40,43-7-3)44-8-4)34(37-29-21-13-9-14-22-29)33(35(36)38)45(30-23-15-10-16-24-30,31-25-17-11-18-26-31)32-27-19-12-20-28-32/h9-28H,5-8H2,1-4H3. The third kappa shape index (κ3) is 5.81. The summed E-state index contributed by atoms with van der Waals surface area (Å²) in [5.41, 5.74) is 0.484. The highest BCUT2D eigenvalue weighted by Crippen LogP contribution is 2.82. The molecule has 47 heavy (non-hydrogen) atoms. The number of Topliss-reactive ketones (excluding diaryl/α,β-unsaturated/α-hetero) is 1. The molecule has 0 unspecified atom stereocenters. The fraction of sp³-hybridized carbons (Fsp3) is 0.250. The molecule has 1 fully saturated rings. The molecule has 0 amide bonds. The third-order valence-corrected chi connectivity index (χ3v) is 18.4. The van der Waals surface area contributed by atoms with Crippen LogP contribution in [0.2, 0.25) is 0 Å². The number of ketones is 1. The van der Waals surface area contributed by atoms with Crippen molar-refractivity contribution < 1.29 is 32.0 Å². The molecule has 0 heterocycles. The maximum absolute atomic E-state index is 15.7. The molecule has 0 saturated heterocycles. The van der Waals surface area contributed by atoms with Gasteiger partial charge in [-0.15, -0.1) is 0 Å². The quantitative estimate of drug-likeness (QED) is 0.125. The van der Waals surface area contributed by atoms with E-state index in [-0.39, 0.29) is 37.4 Å². The van der Waals surface area contributed by atoms with Crippen molar-refractivity contribution in [2.45, 2.75) is 32.6 Å². The Morgan fingerprint density at radius 1 is 0.532 bits per heavy atom. The molecule has 1 aliphatic rings. The lowest BCUT2D eigenvalue weighted by molar-refractivity contribution is -0.113. The van der Waals surface area contributed by atoms with E-state index in [1.165, 1.54) is 0 Å². The van der Waals surface area contributed by atoms with Crippen molar-refractivity contribution in [2.75, 3.05) is 26.4 Å². The topological polar surface area (TPSA) is 100 Å². The van der Waals surface area contributed by atoms with Crippen LogP contribution >= 0.6 is 22.1 Å². The van der Waals surface area contributed by atoms with Gasteiger partial charge in [0.1, 0.15) is 0 Å². The molecule has 1 aliphatic carbocycles. The molecule has 0 aliphatic heterocycles. The second kappa shape index (κ2) is 14.9. The van der Waals surface area contributed by atoms with Gasteiger partial charge in [0.25, 0.3) is 4.90 Å². The highest BCUT2D eigenvalue weighted by Gasteiger charge is 2.81. The lowest BCUT2D eigenvalue weighted by Gasteiger charge is -2.50. The van der Waals surface area contributed by atoms with Gasteiger partial charge >= 0.3 is 15.2 Å². The van der Waals surface area contributed by atoms with Gasteiger partial charge in [-0.2, -0.15) is 0 Å². The van der Waals surface area contributed by atoms with Crippen LogP contribution in [0.15, 0.2) is 126 Å². The largest absolute Gasteiger partial charge is 0.363 e. The number of hydrogen-bond donors (Lipinski definition) is 0. The maximum atomic E-state index is 15.7. The van der Waals surface area contributed by atoms with Gasteiger partial charge in [0, 0.05) is 0 Å². The maximum Gasteiger partial charge on any atom is 0.363 e. The Kier molecular flexibility index (Phi) is 11.2. The molecular formula is C36H40NO7P3. The first-order valence-electron chi connectivity index (χ1n) is 15.7. The van der Waals surface area contributed by atoms with Crippen LogP contribution in [-0.2, 0) is 32.0 Å². The number of carbonyl (C=O) groups is 1. The summed E-state index contributed by atoms with van der Waals surface area (Å²) in [6.45, 7) is 3.08. The zero-order valence-corrected chi connectivity index (χ0v) is 29.7. The first kappa shape index (κ1) is 35.1. The minimum absolute atomic E-state index is 0.0223. The molecule has 0 radical (unpaired) electrons. The van der Waals surface area contributed by atoms with Gasteiger partial charge < -0.3 is 18.1 Å². The summed E-state index contributed by atoms with van der Waals surface area (Å²) in [6.07, 6.45) is 0. The van der Waals surface area contributed by atoms with Gasteiger partial charge in [0.2, 0.25) is 5.78 Å². The summed E-state index contributed by atoms with van der Waals surface area (Å²) in [5.74, 6) is -0.687. The third-order valence-electron chi connectivity index (χ3n) is 7.84. The highest BCUT2D eigenvalue weighted by molar-refractivity contribution is 8.00. The van der Waals surface area contributed by atoms with Crippen LogP contribution in [0.5, 0.6) is 0 Å². The number of benzene rings is 4. The molecule has 4 aromatic rings. The summed E-state index contributed by atoms with van der Waals surface area (Å²) in [6, 6.07) is 38.3. The fourth-order valence-electron chi connectivity index (χ4n) is 6.13. The van der Waals surface area contributed by atoms with Crippen LogP contribution in [-0.4, -0.2) is 48.1 Å². The predicted octanol–water partition coefficient (Wildman–Crippen LogP) is 7.74. The number of hydrogen-bond acceptors (Lipinski definition) is 8. The van der Waals surface area contributed by atoms with E-state index in [2.05, 4.69) is 0 Å². The Bertz CT molecular complexity index is 1710. The second-order valence-electron chi connectivity index (χ2n) is 10.5. The van der Waals surface area contributed by atoms with Gasteiger partial charge in [-0.05, 0) is 62.6 Å². The monoisotopic (exact) mass is 691 g/mol. The van der Waals surface area contributed by atoms with Crippen molar-refractivity contribution in [3.63, 3.8) is 0 Å². The molecule has 1 saturated carbocycles. The van der Waals surface area contributed by atoms with Crippen LogP contribution < -0.4 is 15.9 Å². The van der Waals surface area contributed by atoms with E-state index in [9.17, 15) is 0 Å². The van der Waals surface area contributed by atoms with Crippen molar-refractivity contribution in [2.24, 2.45) is 4.99 Å². The number of rotatable bonds is 14. The SMILES string of the molecule is CCOP(=O)(OCC)C1(P(=O)(OCC)OCC)C(=O)C(=P(c2ccccc2)(c2ccccc2)c2ccccc2)C1=Nc1ccccc1. The summed E-state index contributed by atoms with van der Waals surface area (Å²) >= 11 is 0. The van der Waals surface area contributed by atoms with Crippen LogP contribution in [0.25, 0.3) is 0 Å². The van der Waals surface area contributed by atoms with E-state index in [0.717, 1.165) is 15.9 Å². The lowest BCUT2D eigenvalue weighted by Crippen LogP contribution is -2.67. The first-order valence-corrected chi connectivity index (χ1v) is 20.6. The minimum atomic E-state index is -4.66. The van der Waals surface area contributed by atoms with Crippen molar-refractivity contribution in [3.05, 3.63) is 121 Å². The Balaban J connectivity index is 2.11. The molecule has 11 heteroatoms. The summed E-state index contributed by atoms with van der Waals surface area (Å²) < 4.78 is 54.4. The smallest absolute Gasteiger partial charge is 0.307 e. The molecule has 246 valence electrons. The van der Waals surface area contributed by atoms with E-state index < -0.39 is 32.8 Å². The van der Waals surface area contributed by atoms with Crippen molar-refractivity contribution in [1.82, 2.24) is 0 Å². The average molecular weight is 692 g/mol. The molecule has 4 aromatic carbocycles. The van der Waals surface area contributed by atoms with Gasteiger partial charge in [-0.1, -0.05) is 109 Å². The Morgan fingerprint density at radius 3 is 1.17 bits per heavy atom. The minimum Gasteiger partial charge on any atom is -0.307 e. The van der Waals surface area contributed by atoms with Crippen LogP contribution in [0.4, 0.5) is 5.69 Å². The lowest BCUT2D eigenvalue weighted by atomic mass is 9.92. The van der Waals surface area contributed by atoms with Gasteiger partial charge in [-0.25, -0.2) is 0 Å².